The zero-order valence-corrected chi connectivity index (χ0v) is 21.5. The van der Waals surface area contributed by atoms with Crippen molar-refractivity contribution >= 4 is 34.6 Å². The molecule has 1 fully saturated rings. The summed E-state index contributed by atoms with van der Waals surface area (Å²) in [5, 5.41) is 18.0. The molecule has 2 N–H and O–H groups in total. The summed E-state index contributed by atoms with van der Waals surface area (Å²) < 4.78 is 13.0. The van der Waals surface area contributed by atoms with Crippen LogP contribution in [0.25, 0.3) is 22.2 Å². The molecule has 5 rings (SSSR count). The number of aromatic nitrogens is 4. The number of benzene rings is 1. The van der Waals surface area contributed by atoms with E-state index < -0.39 is 17.8 Å². The number of anilines is 2. The van der Waals surface area contributed by atoms with Gasteiger partial charge in [-0.15, -0.1) is 0 Å². The van der Waals surface area contributed by atoms with Crippen molar-refractivity contribution in [2.75, 3.05) is 31.6 Å². The second kappa shape index (κ2) is 10.3. The standard InChI is InChI=1S/C27H30N6O5/c1-27(2,3)38-26(36)32-17-20(15-29-32)22-12-19-14-28-24(13-23(19)33(22)25(34)35)30-21-6-4-18(5-7-21)16-31-8-10-37-11-9-31/h4-7,12-15,17H,8-11,16H2,1-3H3,(H,28,30)(H,34,35). The van der Waals surface area contributed by atoms with Gasteiger partial charge in [-0.2, -0.15) is 9.78 Å². The van der Waals surface area contributed by atoms with Crippen molar-refractivity contribution in [3.63, 3.8) is 0 Å². The monoisotopic (exact) mass is 518 g/mol. The molecule has 4 aromatic rings. The number of rotatable bonds is 5. The highest BCUT2D eigenvalue weighted by Crippen LogP contribution is 2.30. The Hall–Kier alpha value is -4.22. The van der Waals surface area contributed by atoms with Gasteiger partial charge in [-0.05, 0) is 44.5 Å². The van der Waals surface area contributed by atoms with Crippen LogP contribution in [0.1, 0.15) is 26.3 Å². The highest BCUT2D eigenvalue weighted by atomic mass is 16.6. The maximum atomic E-state index is 12.4. The van der Waals surface area contributed by atoms with E-state index in [1.165, 1.54) is 18.0 Å². The maximum absolute atomic E-state index is 12.4. The molecule has 0 amide bonds. The third-order valence-corrected chi connectivity index (χ3v) is 6.07. The van der Waals surface area contributed by atoms with Crippen molar-refractivity contribution in [3.05, 3.63) is 60.6 Å². The summed E-state index contributed by atoms with van der Waals surface area (Å²) >= 11 is 0. The third kappa shape index (κ3) is 5.68. The second-order valence-corrected chi connectivity index (χ2v) is 10.1. The molecule has 4 heterocycles. The number of carboxylic acid groups (broad SMARTS) is 1. The van der Waals surface area contributed by atoms with Gasteiger partial charge in [0.1, 0.15) is 11.4 Å². The molecule has 0 saturated carbocycles. The molecular formula is C27H30N6O5. The molecule has 11 heteroatoms. The van der Waals surface area contributed by atoms with Gasteiger partial charge in [-0.3, -0.25) is 4.90 Å². The van der Waals surface area contributed by atoms with Crippen LogP contribution in [-0.2, 0) is 16.0 Å². The van der Waals surface area contributed by atoms with Crippen LogP contribution < -0.4 is 5.32 Å². The minimum absolute atomic E-state index is 0.369. The van der Waals surface area contributed by atoms with Crippen LogP contribution in [0.2, 0.25) is 0 Å². The van der Waals surface area contributed by atoms with E-state index in [0.717, 1.165) is 47.8 Å². The first kappa shape index (κ1) is 25.4. The molecular weight excluding hydrogens is 488 g/mol. The Labute approximate surface area is 219 Å². The van der Waals surface area contributed by atoms with E-state index in [4.69, 9.17) is 9.47 Å². The molecule has 1 aliphatic rings. The van der Waals surface area contributed by atoms with Gasteiger partial charge in [0.2, 0.25) is 0 Å². The van der Waals surface area contributed by atoms with Crippen LogP contribution >= 0.6 is 0 Å². The number of nitrogens with one attached hydrogen (secondary N) is 1. The number of carbonyl (C=O) groups excluding carboxylic acids is 1. The highest BCUT2D eigenvalue weighted by Gasteiger charge is 2.22. The molecule has 1 saturated heterocycles. The molecule has 38 heavy (non-hydrogen) atoms. The van der Waals surface area contributed by atoms with Crippen LogP contribution in [-0.4, -0.2) is 73.4 Å². The van der Waals surface area contributed by atoms with Crippen molar-refractivity contribution < 1.29 is 24.2 Å². The van der Waals surface area contributed by atoms with E-state index >= 15 is 0 Å². The number of hydrogen-bond donors (Lipinski definition) is 2. The van der Waals surface area contributed by atoms with E-state index in [0.29, 0.717) is 28.0 Å². The maximum Gasteiger partial charge on any atom is 0.435 e. The molecule has 0 unspecified atom stereocenters. The molecule has 0 atom stereocenters. The normalized spacial score (nSPS) is 14.5. The lowest BCUT2D eigenvalue weighted by Crippen LogP contribution is -2.35. The molecule has 0 bridgehead atoms. The van der Waals surface area contributed by atoms with Crippen molar-refractivity contribution in [2.45, 2.75) is 32.9 Å². The van der Waals surface area contributed by atoms with E-state index in [9.17, 15) is 14.7 Å². The van der Waals surface area contributed by atoms with Gasteiger partial charge in [0.05, 0.1) is 30.6 Å². The van der Waals surface area contributed by atoms with Crippen LogP contribution in [0.5, 0.6) is 0 Å². The predicted molar refractivity (Wildman–Crippen MR) is 142 cm³/mol. The Morgan fingerprint density at radius 1 is 1.11 bits per heavy atom. The van der Waals surface area contributed by atoms with E-state index in [1.807, 2.05) is 12.1 Å². The smallest absolute Gasteiger partial charge is 0.435 e. The van der Waals surface area contributed by atoms with Gasteiger partial charge in [0, 0.05) is 54.7 Å². The van der Waals surface area contributed by atoms with Crippen LogP contribution in [0.15, 0.2) is 55.0 Å². The quantitative estimate of drug-likeness (QED) is 0.384. The highest BCUT2D eigenvalue weighted by molar-refractivity contribution is 5.96. The number of carbonyl (C=O) groups is 2. The van der Waals surface area contributed by atoms with Gasteiger partial charge in [0.25, 0.3) is 0 Å². The first-order valence-corrected chi connectivity index (χ1v) is 12.4. The summed E-state index contributed by atoms with van der Waals surface area (Å²) in [4.78, 5) is 31.4. The molecule has 1 aliphatic heterocycles. The topological polar surface area (TPSA) is 124 Å². The lowest BCUT2D eigenvalue weighted by Gasteiger charge is -2.26. The SMILES string of the molecule is CC(C)(C)OC(=O)n1cc(-c2cc3cnc(Nc4ccc(CN5CCOCC5)cc4)cc3n2C(=O)O)cn1. The predicted octanol–water partition coefficient (Wildman–Crippen LogP) is 4.78. The van der Waals surface area contributed by atoms with Crippen LogP contribution in [0.3, 0.4) is 0 Å². The second-order valence-electron chi connectivity index (χ2n) is 10.1. The van der Waals surface area contributed by atoms with Crippen molar-refractivity contribution in [1.82, 2.24) is 24.2 Å². The summed E-state index contributed by atoms with van der Waals surface area (Å²) in [5.74, 6) is 0.509. The lowest BCUT2D eigenvalue weighted by molar-refractivity contribution is 0.0342. The first-order valence-electron chi connectivity index (χ1n) is 12.4. The lowest BCUT2D eigenvalue weighted by atomic mass is 10.2. The fourth-order valence-electron chi connectivity index (χ4n) is 4.31. The molecule has 198 valence electrons. The van der Waals surface area contributed by atoms with E-state index in [1.54, 1.807) is 39.1 Å². The number of ether oxygens (including phenoxy) is 2. The molecule has 0 radical (unpaired) electrons. The number of pyridine rings is 1. The largest absolute Gasteiger partial charge is 0.464 e. The Morgan fingerprint density at radius 2 is 1.84 bits per heavy atom. The molecule has 0 aliphatic carbocycles. The fourth-order valence-corrected chi connectivity index (χ4v) is 4.31. The summed E-state index contributed by atoms with van der Waals surface area (Å²) in [6.45, 7) is 9.53. The first-order chi connectivity index (χ1) is 18.2. The van der Waals surface area contributed by atoms with Gasteiger partial charge in [0.15, 0.2) is 0 Å². The van der Waals surface area contributed by atoms with Gasteiger partial charge >= 0.3 is 12.2 Å². The average Bonchev–Trinajstić information content (AvgIpc) is 3.50. The van der Waals surface area contributed by atoms with Crippen LogP contribution in [0, 0.1) is 0 Å². The minimum Gasteiger partial charge on any atom is -0.464 e. The number of fused-ring (bicyclic) bond motifs is 1. The van der Waals surface area contributed by atoms with Gasteiger partial charge < -0.3 is 19.9 Å². The van der Waals surface area contributed by atoms with Gasteiger partial charge in [-0.1, -0.05) is 12.1 Å². The summed E-state index contributed by atoms with van der Waals surface area (Å²) in [7, 11) is 0. The minimum atomic E-state index is -1.16. The van der Waals surface area contributed by atoms with Crippen molar-refractivity contribution in [3.8, 4) is 11.3 Å². The van der Waals surface area contributed by atoms with Crippen molar-refractivity contribution in [1.29, 1.82) is 0 Å². The average molecular weight is 519 g/mol. The number of nitrogens with zero attached hydrogens (tertiary/aromatic N) is 5. The number of hydrogen-bond acceptors (Lipinski definition) is 8. The molecule has 1 aromatic carbocycles. The third-order valence-electron chi connectivity index (χ3n) is 6.07. The van der Waals surface area contributed by atoms with Crippen molar-refractivity contribution in [2.24, 2.45) is 0 Å². The zero-order chi connectivity index (χ0) is 26.9. The summed E-state index contributed by atoms with van der Waals surface area (Å²) in [6, 6.07) is 11.5. The molecule has 0 spiro atoms. The van der Waals surface area contributed by atoms with E-state index in [2.05, 4.69) is 32.4 Å². The van der Waals surface area contributed by atoms with Gasteiger partial charge in [-0.25, -0.2) is 19.1 Å². The Morgan fingerprint density at radius 3 is 2.53 bits per heavy atom. The number of morpholine rings is 1. The Balaban J connectivity index is 1.37. The molecule has 11 nitrogen and oxygen atoms in total. The Kier molecular flexibility index (Phi) is 6.87. The summed E-state index contributed by atoms with van der Waals surface area (Å²) in [6.07, 6.45) is 2.69. The zero-order valence-electron chi connectivity index (χ0n) is 21.5. The summed E-state index contributed by atoms with van der Waals surface area (Å²) in [5.41, 5.74) is 2.65. The van der Waals surface area contributed by atoms with E-state index in [-0.39, 0.29) is 0 Å². The van der Waals surface area contributed by atoms with Crippen LogP contribution in [0.4, 0.5) is 21.1 Å². The molecule has 3 aromatic heterocycles. The Bertz CT molecular complexity index is 1460. The fraction of sp³-hybridized carbons (Fsp3) is 0.333.